The van der Waals surface area contributed by atoms with E-state index in [9.17, 15) is 18.3 Å². The summed E-state index contributed by atoms with van der Waals surface area (Å²) in [6.45, 7) is 2.15. The molecule has 13 heteroatoms. The second-order valence-corrected chi connectivity index (χ2v) is 10.5. The Hall–Kier alpha value is -4.91. The summed E-state index contributed by atoms with van der Waals surface area (Å²) in [6, 6.07) is 18.5. The Morgan fingerprint density at radius 1 is 0.727 bits per heavy atom. The Morgan fingerprint density at radius 2 is 1.32 bits per heavy atom. The second-order valence-electron chi connectivity index (χ2n) is 10.5. The molecule has 0 radical (unpaired) electrons. The van der Waals surface area contributed by atoms with Gasteiger partial charge in [-0.1, -0.05) is 18.2 Å². The third-order valence-corrected chi connectivity index (χ3v) is 7.80. The van der Waals surface area contributed by atoms with Crippen LogP contribution in [0.5, 0.6) is 0 Å². The summed E-state index contributed by atoms with van der Waals surface area (Å²) in [5.74, 6) is -6.75. The number of hydrogen-bond donors (Lipinski definition) is 1. The first-order valence-electron chi connectivity index (χ1n) is 13.7. The van der Waals surface area contributed by atoms with Crippen LogP contribution in [0.1, 0.15) is 11.3 Å². The SMILES string of the molecule is O[C@@](Cn1cnnn1)(c1ccc(F)cc1F)C(F)(F)c1ccc(-c2ccc(N3CCN(c4ccc(F)cc4)CC3)cc2)cn1. The van der Waals surface area contributed by atoms with Crippen molar-refractivity contribution in [2.75, 3.05) is 36.0 Å². The van der Waals surface area contributed by atoms with Crippen molar-refractivity contribution >= 4 is 11.4 Å². The fraction of sp³-hybridized carbons (Fsp3) is 0.226. The van der Waals surface area contributed by atoms with E-state index in [4.69, 9.17) is 0 Å². The molecule has 1 aliphatic rings. The molecule has 8 nitrogen and oxygen atoms in total. The predicted octanol–water partition coefficient (Wildman–Crippen LogP) is 5.16. The zero-order valence-corrected chi connectivity index (χ0v) is 23.2. The maximum Gasteiger partial charge on any atom is 0.323 e. The van der Waals surface area contributed by atoms with Gasteiger partial charge in [0.05, 0.1) is 6.54 Å². The minimum atomic E-state index is -4.14. The molecule has 3 heterocycles. The summed E-state index contributed by atoms with van der Waals surface area (Å²) in [4.78, 5) is 8.37. The molecule has 0 spiro atoms. The van der Waals surface area contributed by atoms with Crippen LogP contribution in [-0.2, 0) is 18.1 Å². The molecule has 1 atom stereocenters. The van der Waals surface area contributed by atoms with Crippen LogP contribution in [0, 0.1) is 17.5 Å². The molecular weight excluding hydrogens is 581 g/mol. The van der Waals surface area contributed by atoms with Gasteiger partial charge in [0.15, 0.2) is 5.60 Å². The Kier molecular flexibility index (Phi) is 7.72. The zero-order chi connectivity index (χ0) is 30.9. The van der Waals surface area contributed by atoms with E-state index >= 15 is 8.78 Å². The molecule has 226 valence electrons. The average Bonchev–Trinajstić information content (AvgIpc) is 3.54. The number of benzene rings is 3. The maximum absolute atomic E-state index is 16.0. The number of halogens is 5. The van der Waals surface area contributed by atoms with Crippen molar-refractivity contribution in [3.05, 3.63) is 120 Å². The highest BCUT2D eigenvalue weighted by molar-refractivity contribution is 5.66. The summed E-state index contributed by atoms with van der Waals surface area (Å²) >= 11 is 0. The molecule has 0 amide bonds. The molecular formula is C31H26F5N7O. The lowest BCUT2D eigenvalue weighted by Gasteiger charge is -2.37. The molecule has 3 aromatic carbocycles. The van der Waals surface area contributed by atoms with E-state index in [1.807, 2.05) is 24.3 Å². The number of hydrogen-bond acceptors (Lipinski definition) is 7. The van der Waals surface area contributed by atoms with Crippen molar-refractivity contribution in [3.63, 3.8) is 0 Å². The van der Waals surface area contributed by atoms with E-state index in [0.717, 1.165) is 72.3 Å². The van der Waals surface area contributed by atoms with Crippen molar-refractivity contribution in [3.8, 4) is 11.1 Å². The third-order valence-electron chi connectivity index (χ3n) is 7.80. The molecule has 0 bridgehead atoms. The first-order valence-corrected chi connectivity index (χ1v) is 13.7. The van der Waals surface area contributed by atoms with E-state index in [1.54, 1.807) is 12.1 Å². The van der Waals surface area contributed by atoms with E-state index < -0.39 is 41.0 Å². The van der Waals surface area contributed by atoms with Gasteiger partial charge in [0.2, 0.25) is 0 Å². The van der Waals surface area contributed by atoms with Crippen LogP contribution in [0.2, 0.25) is 0 Å². The molecule has 1 saturated heterocycles. The van der Waals surface area contributed by atoms with Gasteiger partial charge in [0.1, 0.15) is 29.5 Å². The third kappa shape index (κ3) is 5.57. The molecule has 0 saturated carbocycles. The summed E-state index contributed by atoms with van der Waals surface area (Å²) in [7, 11) is 0. The van der Waals surface area contributed by atoms with Crippen LogP contribution in [0.15, 0.2) is 91.4 Å². The number of anilines is 2. The number of aromatic nitrogens is 5. The molecule has 6 rings (SSSR count). The number of tetrazole rings is 1. The lowest BCUT2D eigenvalue weighted by atomic mass is 9.84. The standard InChI is InChI=1S/C31H26F5N7O/c32-23-4-9-26(10-5-23)42-15-13-41(14-16-42)25-7-1-21(2-8-25)22-3-12-29(37-18-22)31(35,36)30(44,19-43-20-38-39-40-43)27-11-6-24(33)17-28(27)34/h1-12,17-18,20,44H,13-16,19H2/t30-/m0/s1. The number of rotatable bonds is 8. The number of aliphatic hydroxyl groups is 1. The van der Waals surface area contributed by atoms with Crippen molar-refractivity contribution in [1.82, 2.24) is 25.2 Å². The van der Waals surface area contributed by atoms with E-state index in [2.05, 4.69) is 30.3 Å². The summed E-state index contributed by atoms with van der Waals surface area (Å²) in [5, 5.41) is 21.6. The maximum atomic E-state index is 16.0. The zero-order valence-electron chi connectivity index (χ0n) is 23.2. The number of pyridine rings is 1. The first kappa shape index (κ1) is 29.2. The monoisotopic (exact) mass is 607 g/mol. The molecule has 5 aromatic rings. The van der Waals surface area contributed by atoms with Gasteiger partial charge in [-0.3, -0.25) is 4.98 Å². The summed E-state index contributed by atoms with van der Waals surface area (Å²) in [5.41, 5.74) is -1.62. The minimum Gasteiger partial charge on any atom is -0.377 e. The van der Waals surface area contributed by atoms with Crippen LogP contribution in [-0.4, -0.2) is 56.5 Å². The Bertz CT molecular complexity index is 1710. The van der Waals surface area contributed by atoms with Crippen LogP contribution in [0.4, 0.5) is 33.3 Å². The normalized spacial score (nSPS) is 15.3. The minimum absolute atomic E-state index is 0.270. The molecule has 1 fully saturated rings. The van der Waals surface area contributed by atoms with Gasteiger partial charge in [-0.25, -0.2) is 17.9 Å². The smallest absolute Gasteiger partial charge is 0.323 e. The first-order chi connectivity index (χ1) is 21.1. The van der Waals surface area contributed by atoms with Crippen LogP contribution >= 0.6 is 0 Å². The lowest BCUT2D eigenvalue weighted by Crippen LogP contribution is -2.48. The Morgan fingerprint density at radius 3 is 1.86 bits per heavy atom. The number of alkyl halides is 2. The van der Waals surface area contributed by atoms with Gasteiger partial charge < -0.3 is 14.9 Å². The van der Waals surface area contributed by atoms with Crippen molar-refractivity contribution in [1.29, 1.82) is 0 Å². The predicted molar refractivity (Wildman–Crippen MR) is 152 cm³/mol. The highest BCUT2D eigenvalue weighted by Gasteiger charge is 2.58. The average molecular weight is 608 g/mol. The van der Waals surface area contributed by atoms with Gasteiger partial charge in [-0.05, 0) is 70.6 Å². The van der Waals surface area contributed by atoms with E-state index in [1.165, 1.54) is 24.4 Å². The molecule has 1 aliphatic heterocycles. The lowest BCUT2D eigenvalue weighted by molar-refractivity contribution is -0.207. The fourth-order valence-electron chi connectivity index (χ4n) is 5.37. The largest absolute Gasteiger partial charge is 0.377 e. The van der Waals surface area contributed by atoms with Crippen LogP contribution < -0.4 is 9.80 Å². The number of piperazine rings is 1. The number of nitrogens with zero attached hydrogens (tertiary/aromatic N) is 7. The van der Waals surface area contributed by atoms with E-state index in [-0.39, 0.29) is 5.82 Å². The molecule has 0 aliphatic carbocycles. The molecule has 0 unspecified atom stereocenters. The van der Waals surface area contributed by atoms with Crippen molar-refractivity contribution < 1.29 is 27.1 Å². The molecule has 44 heavy (non-hydrogen) atoms. The van der Waals surface area contributed by atoms with Crippen molar-refractivity contribution in [2.45, 2.75) is 18.1 Å². The Labute approximate surface area is 249 Å². The highest BCUT2D eigenvalue weighted by atomic mass is 19.3. The Balaban J connectivity index is 1.19. The van der Waals surface area contributed by atoms with Crippen LogP contribution in [0.25, 0.3) is 11.1 Å². The summed E-state index contributed by atoms with van der Waals surface area (Å²) in [6.07, 6.45) is 2.24. The van der Waals surface area contributed by atoms with Gasteiger partial charge in [-0.15, -0.1) is 5.10 Å². The molecule has 2 aromatic heterocycles. The van der Waals surface area contributed by atoms with Gasteiger partial charge in [0, 0.05) is 60.9 Å². The van der Waals surface area contributed by atoms with Gasteiger partial charge in [-0.2, -0.15) is 8.78 Å². The van der Waals surface area contributed by atoms with E-state index in [0.29, 0.717) is 11.6 Å². The van der Waals surface area contributed by atoms with Gasteiger partial charge >= 0.3 is 5.92 Å². The van der Waals surface area contributed by atoms with Crippen LogP contribution in [0.3, 0.4) is 0 Å². The highest BCUT2D eigenvalue weighted by Crippen LogP contribution is 2.47. The quantitative estimate of drug-likeness (QED) is 0.244. The van der Waals surface area contributed by atoms with Gasteiger partial charge in [0.25, 0.3) is 0 Å². The summed E-state index contributed by atoms with van der Waals surface area (Å²) < 4.78 is 74.5. The molecule has 1 N–H and O–H groups in total. The topological polar surface area (TPSA) is 83.2 Å². The fourth-order valence-corrected chi connectivity index (χ4v) is 5.37. The second kappa shape index (κ2) is 11.6. The van der Waals surface area contributed by atoms with Crippen molar-refractivity contribution in [2.24, 2.45) is 0 Å².